The maximum absolute atomic E-state index is 12.0. The normalized spacial score (nSPS) is 15.3. The number of carboxylic acid groups (broad SMARTS) is 1. The number of nitrogens with zero attached hydrogens (tertiary/aromatic N) is 1. The van der Waals surface area contributed by atoms with E-state index in [2.05, 4.69) is 10.3 Å². The van der Waals surface area contributed by atoms with E-state index < -0.39 is 11.5 Å². The summed E-state index contributed by atoms with van der Waals surface area (Å²) >= 11 is 1.53. The van der Waals surface area contributed by atoms with Gasteiger partial charge in [0.05, 0.1) is 5.01 Å². The SMILES string of the molecule is CC(C)(CCC(=O)O)NC(=O)c1csc(C2CC2)n1. The predicted molar refractivity (Wildman–Crippen MR) is 72.5 cm³/mol. The minimum absolute atomic E-state index is 0.0394. The lowest BCUT2D eigenvalue weighted by molar-refractivity contribution is -0.137. The fourth-order valence-corrected chi connectivity index (χ4v) is 2.73. The standard InChI is InChI=1S/C13H18N2O3S/c1-13(2,6-5-10(16)17)15-11(18)9-7-19-12(14-9)8-3-4-8/h7-8H,3-6H2,1-2H3,(H,15,18)(H,16,17). The maximum Gasteiger partial charge on any atom is 0.303 e. The first-order valence-electron chi connectivity index (χ1n) is 6.37. The van der Waals surface area contributed by atoms with Gasteiger partial charge in [0.2, 0.25) is 0 Å². The zero-order chi connectivity index (χ0) is 14.0. The molecule has 0 bridgehead atoms. The molecule has 1 amide bonds. The first-order valence-corrected chi connectivity index (χ1v) is 7.25. The van der Waals surface area contributed by atoms with Crippen molar-refractivity contribution in [3.63, 3.8) is 0 Å². The van der Waals surface area contributed by atoms with Crippen LogP contribution in [0.2, 0.25) is 0 Å². The van der Waals surface area contributed by atoms with Crippen molar-refractivity contribution < 1.29 is 14.7 Å². The third-order valence-electron chi connectivity index (χ3n) is 3.10. The number of aliphatic carboxylic acids is 1. The number of carboxylic acids is 1. The molecule has 2 rings (SSSR count). The summed E-state index contributed by atoms with van der Waals surface area (Å²) in [6.45, 7) is 3.64. The molecule has 1 aliphatic carbocycles. The largest absolute Gasteiger partial charge is 0.481 e. The van der Waals surface area contributed by atoms with Gasteiger partial charge in [-0.3, -0.25) is 9.59 Å². The summed E-state index contributed by atoms with van der Waals surface area (Å²) in [5.74, 6) is -0.530. The van der Waals surface area contributed by atoms with Gasteiger partial charge in [-0.15, -0.1) is 11.3 Å². The van der Waals surface area contributed by atoms with Gasteiger partial charge in [-0.25, -0.2) is 4.98 Å². The van der Waals surface area contributed by atoms with E-state index in [4.69, 9.17) is 5.11 Å². The lowest BCUT2D eigenvalue weighted by Gasteiger charge is -2.25. The quantitative estimate of drug-likeness (QED) is 0.839. The van der Waals surface area contributed by atoms with Crippen LogP contribution in [0.4, 0.5) is 0 Å². The number of carbonyl (C=O) groups is 2. The van der Waals surface area contributed by atoms with Gasteiger partial charge >= 0.3 is 5.97 Å². The van der Waals surface area contributed by atoms with Gasteiger partial charge in [-0.1, -0.05) is 0 Å². The number of aromatic nitrogens is 1. The molecule has 1 heterocycles. The van der Waals surface area contributed by atoms with Crippen LogP contribution < -0.4 is 5.32 Å². The summed E-state index contributed by atoms with van der Waals surface area (Å²) in [6, 6.07) is 0. The summed E-state index contributed by atoms with van der Waals surface area (Å²) in [6.07, 6.45) is 2.77. The smallest absolute Gasteiger partial charge is 0.303 e. The molecular formula is C13H18N2O3S. The van der Waals surface area contributed by atoms with E-state index in [0.717, 1.165) is 5.01 Å². The molecule has 1 aliphatic rings. The monoisotopic (exact) mass is 282 g/mol. The number of hydrogen-bond donors (Lipinski definition) is 2. The lowest BCUT2D eigenvalue weighted by atomic mass is 9.98. The number of rotatable bonds is 6. The van der Waals surface area contributed by atoms with E-state index in [1.54, 1.807) is 5.38 Å². The van der Waals surface area contributed by atoms with E-state index in [-0.39, 0.29) is 12.3 Å². The lowest BCUT2D eigenvalue weighted by Crippen LogP contribution is -2.43. The molecule has 1 fully saturated rings. The highest BCUT2D eigenvalue weighted by atomic mass is 32.1. The zero-order valence-corrected chi connectivity index (χ0v) is 11.9. The Balaban J connectivity index is 1.92. The van der Waals surface area contributed by atoms with Crippen LogP contribution in [0, 0.1) is 0 Å². The molecule has 1 aromatic heterocycles. The highest BCUT2D eigenvalue weighted by molar-refractivity contribution is 7.10. The molecule has 19 heavy (non-hydrogen) atoms. The second-order valence-corrected chi connectivity index (χ2v) is 6.47. The molecule has 5 nitrogen and oxygen atoms in total. The van der Waals surface area contributed by atoms with Crippen LogP contribution in [0.3, 0.4) is 0 Å². The van der Waals surface area contributed by atoms with Crippen molar-refractivity contribution in [1.82, 2.24) is 10.3 Å². The van der Waals surface area contributed by atoms with E-state index in [9.17, 15) is 9.59 Å². The molecule has 1 aromatic rings. The molecule has 0 radical (unpaired) electrons. The fourth-order valence-electron chi connectivity index (χ4n) is 1.76. The Bertz CT molecular complexity index is 492. The Hall–Kier alpha value is -1.43. The number of thiazole rings is 1. The maximum atomic E-state index is 12.0. The topological polar surface area (TPSA) is 79.3 Å². The van der Waals surface area contributed by atoms with Crippen LogP contribution >= 0.6 is 11.3 Å². The third-order valence-corrected chi connectivity index (χ3v) is 4.10. The van der Waals surface area contributed by atoms with Gasteiger partial charge in [-0.2, -0.15) is 0 Å². The molecule has 104 valence electrons. The van der Waals surface area contributed by atoms with Crippen LogP contribution in [0.15, 0.2) is 5.38 Å². The number of carbonyl (C=O) groups excluding carboxylic acids is 1. The van der Waals surface area contributed by atoms with E-state index in [0.29, 0.717) is 18.0 Å². The molecule has 0 unspecified atom stereocenters. The highest BCUT2D eigenvalue weighted by Crippen LogP contribution is 2.41. The summed E-state index contributed by atoms with van der Waals surface area (Å²) < 4.78 is 0. The Morgan fingerprint density at radius 1 is 1.53 bits per heavy atom. The highest BCUT2D eigenvalue weighted by Gasteiger charge is 2.28. The molecule has 0 atom stereocenters. The summed E-state index contributed by atoms with van der Waals surface area (Å²) in [7, 11) is 0. The van der Waals surface area contributed by atoms with Gasteiger partial charge in [-0.05, 0) is 33.1 Å². The number of hydrogen-bond acceptors (Lipinski definition) is 4. The third kappa shape index (κ3) is 4.02. The average molecular weight is 282 g/mol. The first kappa shape index (κ1) is 14.0. The van der Waals surface area contributed by atoms with Crippen molar-refractivity contribution in [2.24, 2.45) is 0 Å². The van der Waals surface area contributed by atoms with Crippen LogP contribution in [-0.2, 0) is 4.79 Å². The second-order valence-electron chi connectivity index (χ2n) is 5.58. The van der Waals surface area contributed by atoms with Crippen LogP contribution in [0.1, 0.15) is 60.9 Å². The minimum Gasteiger partial charge on any atom is -0.481 e. The van der Waals surface area contributed by atoms with Crippen LogP contribution in [-0.4, -0.2) is 27.5 Å². The summed E-state index contributed by atoms with van der Waals surface area (Å²) in [5.41, 5.74) is -0.103. The zero-order valence-electron chi connectivity index (χ0n) is 11.1. The van der Waals surface area contributed by atoms with Crippen molar-refractivity contribution in [2.75, 3.05) is 0 Å². The summed E-state index contributed by atoms with van der Waals surface area (Å²) in [4.78, 5) is 27.0. The van der Waals surface area contributed by atoms with E-state index >= 15 is 0 Å². The van der Waals surface area contributed by atoms with E-state index in [1.807, 2.05) is 13.8 Å². The Labute approximate surface area is 116 Å². The van der Waals surface area contributed by atoms with Crippen molar-refractivity contribution in [1.29, 1.82) is 0 Å². The molecule has 0 aromatic carbocycles. The van der Waals surface area contributed by atoms with Crippen LogP contribution in [0.25, 0.3) is 0 Å². The second kappa shape index (κ2) is 5.28. The Morgan fingerprint density at radius 2 is 2.21 bits per heavy atom. The molecule has 2 N–H and O–H groups in total. The first-order chi connectivity index (χ1) is 8.87. The van der Waals surface area contributed by atoms with Gasteiger partial charge in [0.25, 0.3) is 5.91 Å². The molecule has 0 spiro atoms. The molecule has 1 saturated carbocycles. The predicted octanol–water partition coefficient (Wildman–Crippen LogP) is 2.39. The number of nitrogens with one attached hydrogen (secondary N) is 1. The van der Waals surface area contributed by atoms with Crippen LogP contribution in [0.5, 0.6) is 0 Å². The molecule has 0 saturated heterocycles. The van der Waals surface area contributed by atoms with Gasteiger partial charge in [0.15, 0.2) is 0 Å². The van der Waals surface area contributed by atoms with Gasteiger partial charge in [0.1, 0.15) is 5.69 Å². The fraction of sp³-hybridized carbons (Fsp3) is 0.615. The number of amides is 1. The summed E-state index contributed by atoms with van der Waals surface area (Å²) in [5, 5.41) is 14.3. The van der Waals surface area contributed by atoms with E-state index in [1.165, 1.54) is 24.2 Å². The average Bonchev–Trinajstić information content (AvgIpc) is 3.04. The minimum atomic E-state index is -0.855. The molecule has 6 heteroatoms. The van der Waals surface area contributed by atoms with Crippen molar-refractivity contribution in [3.8, 4) is 0 Å². The Morgan fingerprint density at radius 3 is 2.79 bits per heavy atom. The Kier molecular flexibility index (Phi) is 3.89. The molecule has 0 aliphatic heterocycles. The van der Waals surface area contributed by atoms with Crippen molar-refractivity contribution in [2.45, 2.75) is 51.0 Å². The van der Waals surface area contributed by atoms with Crippen molar-refractivity contribution >= 4 is 23.2 Å². The van der Waals surface area contributed by atoms with Gasteiger partial charge in [0, 0.05) is 23.3 Å². The van der Waals surface area contributed by atoms with Crippen molar-refractivity contribution in [3.05, 3.63) is 16.1 Å². The molecular weight excluding hydrogens is 264 g/mol. The van der Waals surface area contributed by atoms with Gasteiger partial charge < -0.3 is 10.4 Å².